The summed E-state index contributed by atoms with van der Waals surface area (Å²) < 4.78 is 39.2. The van der Waals surface area contributed by atoms with Crippen LogP contribution < -0.4 is 5.73 Å². The van der Waals surface area contributed by atoms with Gasteiger partial charge in [0, 0.05) is 38.2 Å². The van der Waals surface area contributed by atoms with Gasteiger partial charge in [0.1, 0.15) is 5.78 Å². The lowest BCUT2D eigenvalue weighted by molar-refractivity contribution is -0.139. The minimum atomic E-state index is -4.52. The van der Waals surface area contributed by atoms with Crippen molar-refractivity contribution >= 4 is 11.7 Å². The van der Waals surface area contributed by atoms with Crippen molar-refractivity contribution in [1.29, 1.82) is 0 Å². The first-order valence-corrected chi connectivity index (χ1v) is 10.3. The number of nitrogens with zero attached hydrogens (tertiary/aromatic N) is 2. The van der Waals surface area contributed by atoms with Crippen LogP contribution >= 0.6 is 0 Å². The molecule has 160 valence electrons. The van der Waals surface area contributed by atoms with Gasteiger partial charge in [-0.1, -0.05) is 12.8 Å². The Labute approximate surface area is 168 Å². The van der Waals surface area contributed by atoms with Crippen LogP contribution in [0.1, 0.15) is 56.2 Å². The highest BCUT2D eigenvalue weighted by Gasteiger charge is 2.35. The highest BCUT2D eigenvalue weighted by Crippen LogP contribution is 2.32. The van der Waals surface area contributed by atoms with E-state index in [0.29, 0.717) is 25.9 Å². The molecule has 1 saturated carbocycles. The molecule has 2 atom stereocenters. The lowest BCUT2D eigenvalue weighted by Gasteiger charge is -2.37. The molecule has 1 aliphatic carbocycles. The molecule has 8 heteroatoms. The average Bonchev–Trinajstić information content (AvgIpc) is 2.68. The van der Waals surface area contributed by atoms with Gasteiger partial charge in [0.25, 0.3) is 0 Å². The molecule has 3 rings (SSSR count). The van der Waals surface area contributed by atoms with E-state index >= 15 is 0 Å². The van der Waals surface area contributed by atoms with Crippen LogP contribution in [0.15, 0.2) is 18.3 Å². The fourth-order valence-corrected chi connectivity index (χ4v) is 4.48. The summed E-state index contributed by atoms with van der Waals surface area (Å²) in [6, 6.07) is 2.11. The summed E-state index contributed by atoms with van der Waals surface area (Å²) in [5.74, 6) is -0.143. The minimum Gasteiger partial charge on any atom is -0.342 e. The Balaban J connectivity index is 1.50. The Bertz CT molecular complexity index is 730. The quantitative estimate of drug-likeness (QED) is 0.806. The first kappa shape index (κ1) is 21.7. The van der Waals surface area contributed by atoms with Crippen LogP contribution in [0.3, 0.4) is 0 Å². The van der Waals surface area contributed by atoms with Gasteiger partial charge in [0.05, 0.1) is 17.2 Å². The molecule has 0 aromatic carbocycles. The van der Waals surface area contributed by atoms with E-state index in [2.05, 4.69) is 4.98 Å². The number of Topliss-reactive ketones (excluding diaryl/α,β-unsaturated/α-hetero) is 1. The molecular weight excluding hydrogens is 383 g/mol. The number of hydrogen-bond donors (Lipinski definition) is 1. The van der Waals surface area contributed by atoms with Gasteiger partial charge in [-0.25, -0.2) is 0 Å². The molecule has 0 radical (unpaired) electrons. The third-order valence-electron chi connectivity index (χ3n) is 6.14. The van der Waals surface area contributed by atoms with E-state index in [9.17, 15) is 22.8 Å². The Kier molecular flexibility index (Phi) is 6.93. The van der Waals surface area contributed by atoms with Crippen molar-refractivity contribution in [3.8, 4) is 0 Å². The SMILES string of the molecule is N[C@H]1CCCC[C@@H]1C(=O)N1CCC(CC(=O)Cc2ncccc2C(F)(F)F)CC1. The molecule has 1 saturated heterocycles. The van der Waals surface area contributed by atoms with Gasteiger partial charge in [0.2, 0.25) is 5.91 Å². The standard InChI is InChI=1S/C21H28F3N3O2/c22-21(23,24)17-5-3-9-26-19(17)13-15(28)12-14-7-10-27(11-8-14)20(29)16-4-1-2-6-18(16)25/h3,5,9,14,16,18H,1-2,4,6-8,10-13,25H2/t16-,18-/m0/s1. The molecule has 0 spiro atoms. The molecule has 2 heterocycles. The Morgan fingerprint density at radius 3 is 2.48 bits per heavy atom. The zero-order valence-corrected chi connectivity index (χ0v) is 16.5. The number of likely N-dealkylation sites (tertiary alicyclic amines) is 1. The number of pyridine rings is 1. The van der Waals surface area contributed by atoms with E-state index in [1.54, 1.807) is 0 Å². The van der Waals surface area contributed by atoms with Crippen LogP contribution in [0.5, 0.6) is 0 Å². The monoisotopic (exact) mass is 411 g/mol. The highest BCUT2D eigenvalue weighted by atomic mass is 19.4. The number of piperidine rings is 1. The van der Waals surface area contributed by atoms with Gasteiger partial charge in [0.15, 0.2) is 0 Å². The summed E-state index contributed by atoms with van der Waals surface area (Å²) in [6.45, 7) is 1.16. The molecule has 5 nitrogen and oxygen atoms in total. The Morgan fingerprint density at radius 1 is 1.14 bits per heavy atom. The molecule has 1 aromatic heterocycles. The molecule has 1 aromatic rings. The maximum atomic E-state index is 13.1. The number of carbonyl (C=O) groups excluding carboxylic acids is 2. The third kappa shape index (κ3) is 5.56. The minimum absolute atomic E-state index is 0.0725. The molecule has 2 fully saturated rings. The van der Waals surface area contributed by atoms with Gasteiger partial charge in [-0.15, -0.1) is 0 Å². The number of hydrogen-bond acceptors (Lipinski definition) is 4. The first-order valence-electron chi connectivity index (χ1n) is 10.3. The molecule has 29 heavy (non-hydrogen) atoms. The van der Waals surface area contributed by atoms with Crippen molar-refractivity contribution < 1.29 is 22.8 Å². The van der Waals surface area contributed by atoms with Crippen LogP contribution in [0, 0.1) is 11.8 Å². The van der Waals surface area contributed by atoms with E-state index in [0.717, 1.165) is 31.7 Å². The largest absolute Gasteiger partial charge is 0.418 e. The van der Waals surface area contributed by atoms with Crippen LogP contribution in [0.2, 0.25) is 0 Å². The van der Waals surface area contributed by atoms with Crippen molar-refractivity contribution in [1.82, 2.24) is 9.88 Å². The predicted molar refractivity (Wildman–Crippen MR) is 102 cm³/mol. The average molecular weight is 411 g/mol. The molecule has 0 bridgehead atoms. The van der Waals surface area contributed by atoms with E-state index in [4.69, 9.17) is 5.73 Å². The fraction of sp³-hybridized carbons (Fsp3) is 0.667. The van der Waals surface area contributed by atoms with Crippen LogP contribution in [0.4, 0.5) is 13.2 Å². The molecular formula is C21H28F3N3O2. The van der Waals surface area contributed by atoms with Gasteiger partial charge in [-0.2, -0.15) is 13.2 Å². The molecule has 1 aliphatic heterocycles. The third-order valence-corrected chi connectivity index (χ3v) is 6.14. The van der Waals surface area contributed by atoms with E-state index in [1.165, 1.54) is 12.3 Å². The zero-order chi connectivity index (χ0) is 21.0. The summed E-state index contributed by atoms with van der Waals surface area (Å²) in [6.07, 6.45) is 1.86. The smallest absolute Gasteiger partial charge is 0.342 e. The first-order chi connectivity index (χ1) is 13.8. The highest BCUT2D eigenvalue weighted by molar-refractivity contribution is 5.81. The van der Waals surface area contributed by atoms with Gasteiger partial charge in [-0.3, -0.25) is 14.6 Å². The van der Waals surface area contributed by atoms with Crippen molar-refractivity contribution in [2.45, 2.75) is 63.6 Å². The second-order valence-electron chi connectivity index (χ2n) is 8.24. The Hall–Kier alpha value is -1.96. The molecule has 1 amide bonds. The van der Waals surface area contributed by atoms with Crippen LogP contribution in [-0.2, 0) is 22.2 Å². The normalized spacial score (nSPS) is 23.8. The molecule has 2 aliphatic rings. The summed E-state index contributed by atoms with van der Waals surface area (Å²) >= 11 is 0. The predicted octanol–water partition coefficient (Wildman–Crippen LogP) is 3.36. The zero-order valence-electron chi connectivity index (χ0n) is 16.5. The Morgan fingerprint density at radius 2 is 1.83 bits per heavy atom. The van der Waals surface area contributed by atoms with Crippen molar-refractivity contribution in [3.63, 3.8) is 0 Å². The number of nitrogens with two attached hydrogens (primary N) is 1. The maximum Gasteiger partial charge on any atom is 0.418 e. The van der Waals surface area contributed by atoms with Gasteiger partial charge in [-0.05, 0) is 43.7 Å². The van der Waals surface area contributed by atoms with Gasteiger partial charge < -0.3 is 10.6 Å². The molecule has 0 unspecified atom stereocenters. The number of carbonyl (C=O) groups is 2. The second-order valence-corrected chi connectivity index (χ2v) is 8.24. The maximum absolute atomic E-state index is 13.1. The molecule has 2 N–H and O–H groups in total. The summed E-state index contributed by atoms with van der Waals surface area (Å²) in [7, 11) is 0. The fourth-order valence-electron chi connectivity index (χ4n) is 4.48. The van der Waals surface area contributed by atoms with Crippen molar-refractivity contribution in [2.24, 2.45) is 17.6 Å². The topological polar surface area (TPSA) is 76.3 Å². The van der Waals surface area contributed by atoms with Crippen molar-refractivity contribution in [3.05, 3.63) is 29.6 Å². The van der Waals surface area contributed by atoms with E-state index in [1.807, 2.05) is 4.90 Å². The number of ketones is 1. The number of halogens is 3. The van der Waals surface area contributed by atoms with E-state index in [-0.39, 0.29) is 48.1 Å². The van der Waals surface area contributed by atoms with Gasteiger partial charge >= 0.3 is 6.18 Å². The number of aromatic nitrogens is 1. The van der Waals surface area contributed by atoms with Crippen molar-refractivity contribution in [2.75, 3.05) is 13.1 Å². The van der Waals surface area contributed by atoms with Crippen LogP contribution in [-0.4, -0.2) is 40.7 Å². The van der Waals surface area contributed by atoms with Crippen LogP contribution in [0.25, 0.3) is 0 Å². The van der Waals surface area contributed by atoms with E-state index < -0.39 is 11.7 Å². The second kappa shape index (κ2) is 9.24. The summed E-state index contributed by atoms with van der Waals surface area (Å²) in [5, 5.41) is 0. The number of amides is 1. The summed E-state index contributed by atoms with van der Waals surface area (Å²) in [5.41, 5.74) is 5.05. The number of alkyl halides is 3. The lowest BCUT2D eigenvalue weighted by Crippen LogP contribution is -2.48. The lowest BCUT2D eigenvalue weighted by atomic mass is 9.83. The number of rotatable bonds is 5. The summed E-state index contributed by atoms with van der Waals surface area (Å²) in [4.78, 5) is 30.7.